The lowest BCUT2D eigenvalue weighted by Crippen LogP contribution is -2.52. The smallest absolute Gasteiger partial charge is 0.329 e. The molecule has 0 saturated carbocycles. The molecule has 47 heteroatoms. The van der Waals surface area contributed by atoms with Gasteiger partial charge >= 0.3 is 24.1 Å². The van der Waals surface area contributed by atoms with Crippen LogP contribution in [-0.2, 0) is 96.2 Å². The molecule has 37 nitrogen and oxygen atoms in total. The molecule has 0 unspecified atom stereocenters. The van der Waals surface area contributed by atoms with Crippen LogP contribution in [0, 0.1) is 45.1 Å². The van der Waals surface area contributed by atoms with Crippen molar-refractivity contribution in [3.63, 3.8) is 0 Å². The molecule has 12 aromatic rings. The van der Waals surface area contributed by atoms with Crippen molar-refractivity contribution in [2.45, 2.75) is 110 Å². The number of anilines is 4. The number of aryl methyl sites for hydroxylation is 4. The third-order valence-electron chi connectivity index (χ3n) is 23.4. The zero-order valence-electron chi connectivity index (χ0n) is 81.2. The van der Waals surface area contributed by atoms with Crippen LogP contribution >= 0.6 is 39.1 Å². The highest BCUT2D eigenvalue weighted by atomic mass is 79.9. The van der Waals surface area contributed by atoms with Gasteiger partial charge in [-0.25, -0.2) is 84.9 Å². The van der Waals surface area contributed by atoms with Crippen molar-refractivity contribution < 1.29 is 128 Å². The maximum absolute atomic E-state index is 14.4. The van der Waals surface area contributed by atoms with Crippen LogP contribution in [0.15, 0.2) is 273 Å². The lowest BCUT2D eigenvalue weighted by atomic mass is 10.0. The van der Waals surface area contributed by atoms with E-state index in [-0.39, 0.29) is 78.2 Å². The molecular weight excluding hydrogens is 2140 g/mol. The highest BCUT2D eigenvalue weighted by Gasteiger charge is 2.37. The molecule has 0 bridgehead atoms. The molecule has 786 valence electrons. The molecule has 12 aromatic carbocycles. The van der Waals surface area contributed by atoms with E-state index in [9.17, 15) is 90.0 Å². The predicted molar refractivity (Wildman–Crippen MR) is 552 cm³/mol. The van der Waals surface area contributed by atoms with Crippen molar-refractivity contribution in [2.75, 3.05) is 75.0 Å². The number of halogens is 6. The van der Waals surface area contributed by atoms with Crippen molar-refractivity contribution in [3.8, 4) is 46.0 Å². The Morgan fingerprint density at radius 3 is 0.913 bits per heavy atom. The number of rotatable bonds is 30. The van der Waals surface area contributed by atoms with Gasteiger partial charge in [-0.15, -0.1) is 0 Å². The number of benzene rings is 12. The second-order valence-electron chi connectivity index (χ2n) is 34.0. The van der Waals surface area contributed by atoms with E-state index in [2.05, 4.69) is 37.2 Å². The minimum Gasteiger partial charge on any atom is -0.454 e. The summed E-state index contributed by atoms with van der Waals surface area (Å²) in [7, 11) is -10.9. The maximum Gasteiger partial charge on any atom is 0.329 e. The van der Waals surface area contributed by atoms with Gasteiger partial charge in [-0.2, -0.15) is 0 Å². The van der Waals surface area contributed by atoms with Crippen LogP contribution in [0.2, 0.25) is 10.0 Å². The molecule has 0 spiro atoms. The summed E-state index contributed by atoms with van der Waals surface area (Å²) in [4.78, 5) is 122. The first-order valence-electron chi connectivity index (χ1n) is 45.3. The third-order valence-corrected chi connectivity index (χ3v) is 30.7. The molecule has 4 aliphatic heterocycles. The third kappa shape index (κ3) is 28.6. The Hall–Kier alpha value is -15.7. The number of hydrogen-bond acceptors (Lipinski definition) is 25. The second kappa shape index (κ2) is 49.0. The topological polar surface area (TPSA) is 473 Å². The molecule has 4 atom stereocenters. The Bertz CT molecular complexity index is 7690. The zero-order chi connectivity index (χ0) is 108. The standard InChI is InChI=1S/C28H29N3O7S.C25H24BrN3O6S.C25H23Cl2N3O6S.C25H22F3N3O6S/c1-18-6-4-5-7-26(18)39(35,36)30-28(34)29-23(15-21-10-8-20(9-11-21)14-19(2)32)27(33)31(3)22-12-13-24-25(16-22)38-17-37-24;1-16-7-3-6-10-23(16)36(32,33)28-25(31)27-20(13-17-8-4-5-9-19(17)26)24(30)29(2)18-11-12-21-22(14-18)35-15-34-21;1-15-5-3-4-6-23(15)37(33,34)29-25(32)28-20(11-16-7-8-17(26)12-19(16)27)24(31)30(2)18-9-10-21-22(13-18)36-14-35-21;1-14-5-3-4-6-23(14)38(34,35)30-25(33)29-20(10-15-9-18(27)19(28)12-17(15)26)24(32)31(2)16-7-8-21-22(11-16)37-13-36-21/h4-13,16,23H,14-15,17H2,1-3H3,(H2,29,30,34);3-12,14,20H,13,15H2,1-2H3,(H2,27,28,31);3-10,12-13,20H,11,14H2,1-2H3,(H2,28,29,32);3-9,11-12,20H,10,13H2,1-2H3,(H2,29,30,33)/t23-;3*20-/m0000/s1. The number of fused-ring (bicyclic) bond motifs is 4. The van der Waals surface area contributed by atoms with Crippen LogP contribution in [0.25, 0.3) is 0 Å². The van der Waals surface area contributed by atoms with Gasteiger partial charge in [-0.05, 0) is 182 Å². The number of ether oxygens (including phenoxy) is 8. The first kappa shape index (κ1) is 112. The van der Waals surface area contributed by atoms with Crippen molar-refractivity contribution in [2.24, 2.45) is 0 Å². The Kier molecular flexibility index (Phi) is 36.4. The van der Waals surface area contributed by atoms with Crippen LogP contribution < -0.4 is 97.7 Å². The number of hydrogen-bond donors (Lipinski definition) is 8. The van der Waals surface area contributed by atoms with Crippen molar-refractivity contribution in [1.29, 1.82) is 0 Å². The number of carbonyl (C=O) groups is 9. The zero-order valence-corrected chi connectivity index (χ0v) is 87.6. The van der Waals surface area contributed by atoms with Crippen LogP contribution in [0.5, 0.6) is 46.0 Å². The fourth-order valence-corrected chi connectivity index (χ4v) is 21.1. The Balaban J connectivity index is 0.000000167. The average Bonchev–Trinajstić information content (AvgIpc) is 1.39. The van der Waals surface area contributed by atoms with Gasteiger partial charge in [0.15, 0.2) is 57.6 Å². The molecule has 4 aliphatic rings. The van der Waals surface area contributed by atoms with Gasteiger partial charge in [-0.3, -0.25) is 24.0 Å². The number of likely N-dealkylation sites (N-methyl/N-ethyl adjacent to an activating group) is 4. The van der Waals surface area contributed by atoms with Gasteiger partial charge in [-0.1, -0.05) is 160 Å². The summed E-state index contributed by atoms with van der Waals surface area (Å²) in [6.07, 6.45) is -0.165. The first-order chi connectivity index (χ1) is 71.2. The van der Waals surface area contributed by atoms with E-state index in [4.69, 9.17) is 61.1 Å². The van der Waals surface area contributed by atoms with Crippen LogP contribution in [0.4, 0.5) is 55.1 Å². The highest BCUT2D eigenvalue weighted by Crippen LogP contribution is 2.41. The first-order valence-corrected chi connectivity index (χ1v) is 52.8. The monoisotopic (exact) mass is 2240 g/mol. The molecule has 0 radical (unpaired) electrons. The van der Waals surface area contributed by atoms with Crippen LogP contribution in [-0.4, -0.2) is 167 Å². The van der Waals surface area contributed by atoms with Gasteiger partial charge in [0, 0.05) is 128 Å². The fourth-order valence-electron chi connectivity index (χ4n) is 15.6. The highest BCUT2D eigenvalue weighted by molar-refractivity contribution is 9.10. The van der Waals surface area contributed by atoms with E-state index < -0.39 is 141 Å². The van der Waals surface area contributed by atoms with Gasteiger partial charge < -0.3 is 78.8 Å². The number of urea groups is 4. The molecular formula is C103H98BrCl2F3N12O25S4. The summed E-state index contributed by atoms with van der Waals surface area (Å²) in [5, 5.41) is 10.5. The van der Waals surface area contributed by atoms with Gasteiger partial charge in [0.1, 0.15) is 35.8 Å². The molecule has 0 saturated heterocycles. The van der Waals surface area contributed by atoms with Gasteiger partial charge in [0.05, 0.1) is 19.6 Å². The molecule has 16 rings (SSSR count). The van der Waals surface area contributed by atoms with E-state index in [0.29, 0.717) is 124 Å². The molecule has 4 heterocycles. The lowest BCUT2D eigenvalue weighted by Gasteiger charge is -2.25. The molecule has 150 heavy (non-hydrogen) atoms. The number of amides is 12. The van der Waals surface area contributed by atoms with E-state index in [0.717, 1.165) is 20.5 Å². The summed E-state index contributed by atoms with van der Waals surface area (Å²) in [6, 6.07) is 55.0. The average molecular weight is 2240 g/mol. The summed E-state index contributed by atoms with van der Waals surface area (Å²) < 4.78 is 195. The Morgan fingerprint density at radius 1 is 0.320 bits per heavy atom. The van der Waals surface area contributed by atoms with Crippen molar-refractivity contribution in [1.82, 2.24) is 40.2 Å². The van der Waals surface area contributed by atoms with Gasteiger partial charge in [0.2, 0.25) is 50.8 Å². The van der Waals surface area contributed by atoms with Crippen LogP contribution in [0.1, 0.15) is 57.0 Å². The summed E-state index contributed by atoms with van der Waals surface area (Å²) in [5.74, 6) is -2.22. The van der Waals surface area contributed by atoms with E-state index in [1.165, 1.54) is 97.2 Å². The number of carbonyl (C=O) groups excluding carboxylic acids is 9. The normalized spacial score (nSPS) is 13.0. The molecule has 12 amide bonds. The minimum absolute atomic E-state index is 0.00836. The summed E-state index contributed by atoms with van der Waals surface area (Å²) in [6.45, 7) is 8.14. The van der Waals surface area contributed by atoms with E-state index >= 15 is 0 Å². The second-order valence-corrected chi connectivity index (χ2v) is 42.3. The fraction of sp³-hybridized carbons (Fsp3) is 0.214. The summed E-state index contributed by atoms with van der Waals surface area (Å²) in [5.41, 5.74) is 6.02. The summed E-state index contributed by atoms with van der Waals surface area (Å²) >= 11 is 15.8. The predicted octanol–water partition coefficient (Wildman–Crippen LogP) is 14.6. The minimum atomic E-state index is -4.34. The number of sulfonamides is 4. The maximum atomic E-state index is 14.4. The van der Waals surface area contributed by atoms with Crippen molar-refractivity contribution >= 4 is 156 Å². The van der Waals surface area contributed by atoms with E-state index in [1.807, 2.05) is 43.2 Å². The van der Waals surface area contributed by atoms with Gasteiger partial charge in [0.25, 0.3) is 40.1 Å². The van der Waals surface area contributed by atoms with Crippen LogP contribution in [0.3, 0.4) is 0 Å². The number of nitrogens with zero attached hydrogens (tertiary/aromatic N) is 4. The quantitative estimate of drug-likeness (QED) is 0.0194. The molecule has 0 aliphatic carbocycles. The lowest BCUT2D eigenvalue weighted by molar-refractivity contribution is -0.120. The van der Waals surface area contributed by atoms with E-state index in [1.54, 1.807) is 193 Å². The molecule has 0 aromatic heterocycles. The molecule has 8 N–H and O–H groups in total. The largest absolute Gasteiger partial charge is 0.454 e. The Labute approximate surface area is 879 Å². The molecule has 0 fully saturated rings. The van der Waals surface area contributed by atoms with Crippen molar-refractivity contribution in [3.05, 3.63) is 331 Å². The SMILES string of the molecule is CC(=O)Cc1ccc(C[C@H](NC(=O)NS(=O)(=O)c2ccccc2C)C(=O)N(C)c2ccc3c(c2)OCO3)cc1.Cc1ccccc1S(=O)(=O)NC(=O)N[C@@H](Cc1cc(F)c(F)cc1F)C(=O)N(C)c1ccc2c(c1)OCO2.Cc1ccccc1S(=O)(=O)NC(=O)N[C@@H](Cc1ccc(Cl)cc1Cl)C(=O)N(C)c1ccc2c(c1)OCO2.Cc1ccccc1S(=O)(=O)NC(=O)N[C@@H](Cc1ccccc1Br)C(=O)N(C)c1ccc2c(c1)OCO2. The number of ketones is 1. The number of Topliss-reactive ketones (excluding diaryl/α,β-unsaturated/α-hetero) is 1. The Morgan fingerprint density at radius 2 is 0.600 bits per heavy atom. The number of nitrogens with one attached hydrogen (secondary N) is 8.